The number of aliphatic carboxylic acids is 1. The number of carboxylic acids is 1. The number of ketones is 2. The highest BCUT2D eigenvalue weighted by atomic mass is 36.0. The number of nitrogens with zero attached hydrogens (tertiary/aromatic N) is 2. The topological polar surface area (TPSA) is 450 Å². The second-order valence-corrected chi connectivity index (χ2v) is 38.0. The van der Waals surface area contributed by atoms with Gasteiger partial charge in [-0.2, -0.15) is 5.26 Å². The Labute approximate surface area is 886 Å². The minimum Gasteiger partial charge on any atom is -0.497 e. The van der Waals surface area contributed by atoms with Gasteiger partial charge in [0.1, 0.15) is 39.7 Å². The summed E-state index contributed by atoms with van der Waals surface area (Å²) in [6, 6.07) is 91.2. The summed E-state index contributed by atoms with van der Waals surface area (Å²) < 4.78 is 60.1. The SMILES string of the molecule is C.CCOC(=O)CCC(=O)Cl.CCOC(=O)CCC(=O)Nc1ccc(OC)cc1C(=O)c1ccccc1.CCOC(=O)Cc1c(-c2ccccc2)c2cc(OC)ccc2[nH]c1=O.CCOC(=O)Cc1c(Cl)nc2ccc(OC)cc2c1-c1ccccc1.COc1ccc(N)c(C(=O)c2ccccc2)c1.COc1ccc(N)cc1.COc1ccc2[nH]c(=O)c(CC(=O)O)c(-c3ccccc3)c2c1.N#Cc1ccccc1.O=P(Cl)(Cl)Cl. The number of nitrogen functional groups attached to an aromatic ring is 2. The monoisotopic (exact) mass is 2140 g/mol. The predicted octanol–water partition coefficient (Wildman–Crippen LogP) is 23.9. The number of methoxy groups -OCH3 is 6. The van der Waals surface area contributed by atoms with E-state index in [4.69, 9.17) is 87.7 Å². The molecule has 0 aliphatic heterocycles. The molecule has 3 aromatic heterocycles. The van der Waals surface area contributed by atoms with Crippen molar-refractivity contribution in [2.75, 3.05) is 85.9 Å². The van der Waals surface area contributed by atoms with Crippen LogP contribution < -0.4 is 56.3 Å². The molecule has 778 valence electrons. The summed E-state index contributed by atoms with van der Waals surface area (Å²) in [5.74, 6) is 0.703. The molecule has 1 amide bonds. The lowest BCUT2D eigenvalue weighted by molar-refractivity contribution is -0.144. The summed E-state index contributed by atoms with van der Waals surface area (Å²) in [5.41, 5.74) is 23.0. The van der Waals surface area contributed by atoms with Crippen LogP contribution >= 0.6 is 62.1 Å². The Kier molecular flexibility index (Phi) is 52.2. The summed E-state index contributed by atoms with van der Waals surface area (Å²) in [4.78, 5) is 139. The van der Waals surface area contributed by atoms with Crippen LogP contribution in [0, 0.1) is 11.3 Å². The minimum absolute atomic E-state index is 0. The number of amides is 1. The molecule has 0 saturated carbocycles. The third kappa shape index (κ3) is 40.3. The maximum atomic E-state index is 12.8. The molecule has 15 rings (SSSR count). The number of pyridine rings is 3. The molecule has 8 N–H and O–H groups in total. The van der Waals surface area contributed by atoms with Crippen LogP contribution in [0.15, 0.2) is 307 Å². The van der Waals surface area contributed by atoms with E-state index in [1.54, 1.807) is 191 Å². The number of anilines is 3. The Bertz CT molecular complexity index is 7190. The number of aromatic amines is 2. The molecule has 3 heterocycles. The molecule has 0 spiro atoms. The van der Waals surface area contributed by atoms with Gasteiger partial charge in [-0.05, 0) is 223 Å². The van der Waals surface area contributed by atoms with Crippen LogP contribution in [-0.2, 0) is 76.3 Å². The Hall–Kier alpha value is -16.1. The van der Waals surface area contributed by atoms with Gasteiger partial charge in [0.15, 0.2) is 11.6 Å². The van der Waals surface area contributed by atoms with Crippen molar-refractivity contribution in [3.63, 3.8) is 0 Å². The fraction of sp³-hybridized carbons (Fsp3) is 0.195. The summed E-state index contributed by atoms with van der Waals surface area (Å²) in [6.45, 7) is 8.15. The Morgan fingerprint density at radius 3 is 1.14 bits per heavy atom. The van der Waals surface area contributed by atoms with Crippen molar-refractivity contribution in [2.24, 2.45) is 0 Å². The van der Waals surface area contributed by atoms with E-state index in [2.05, 4.69) is 58.7 Å². The van der Waals surface area contributed by atoms with Gasteiger partial charge in [0, 0.05) is 101 Å². The first kappa shape index (κ1) is 122. The lowest BCUT2D eigenvalue weighted by Crippen LogP contribution is -2.19. The van der Waals surface area contributed by atoms with E-state index in [0.29, 0.717) is 108 Å². The van der Waals surface area contributed by atoms with Crippen LogP contribution in [0.1, 0.15) is 115 Å². The van der Waals surface area contributed by atoms with Crippen LogP contribution in [0.2, 0.25) is 5.15 Å². The fourth-order valence-corrected chi connectivity index (χ4v) is 14.3. The van der Waals surface area contributed by atoms with E-state index in [-0.39, 0.29) is 112 Å². The summed E-state index contributed by atoms with van der Waals surface area (Å²) in [7, 11) is 9.46. The third-order valence-electron chi connectivity index (χ3n) is 20.7. The molecule has 0 atom stereocenters. The van der Waals surface area contributed by atoms with Gasteiger partial charge in [-0.3, -0.25) is 57.3 Å². The zero-order chi connectivity index (χ0) is 108. The molecule has 0 fully saturated rings. The number of H-pyrrole nitrogens is 2. The number of benzene rings is 12. The average Bonchev–Trinajstić information content (AvgIpc) is 0.773. The molecule has 0 radical (unpaired) electrons. The number of hydrogen-bond acceptors (Lipinski definition) is 26. The Morgan fingerprint density at radius 2 is 0.745 bits per heavy atom. The van der Waals surface area contributed by atoms with Crippen molar-refractivity contribution in [3.8, 4) is 73.9 Å². The van der Waals surface area contributed by atoms with E-state index in [0.717, 1.165) is 66.7 Å². The highest BCUT2D eigenvalue weighted by molar-refractivity contribution is 8.24. The van der Waals surface area contributed by atoms with Gasteiger partial charge in [0.25, 0.3) is 11.1 Å². The number of carbonyl (C=O) groups is 9. The van der Waals surface area contributed by atoms with Crippen LogP contribution in [0.25, 0.3) is 66.1 Å². The Morgan fingerprint density at radius 1 is 0.409 bits per heavy atom. The normalized spacial score (nSPS) is 10.1. The highest BCUT2D eigenvalue weighted by Gasteiger charge is 2.25. The van der Waals surface area contributed by atoms with Crippen molar-refractivity contribution in [1.82, 2.24) is 15.0 Å². The molecule has 0 bridgehead atoms. The first-order valence-corrected chi connectivity index (χ1v) is 50.7. The molecule has 36 heteroatoms. The largest absolute Gasteiger partial charge is 0.497 e. The molecule has 149 heavy (non-hydrogen) atoms. The van der Waals surface area contributed by atoms with E-state index in [1.165, 1.54) is 7.11 Å². The molecule has 0 aliphatic rings. The number of carboxylic acid groups (broad SMARTS) is 1. The molecule has 0 unspecified atom stereocenters. The first-order chi connectivity index (χ1) is 71.1. The smallest absolute Gasteiger partial charge is 0.339 e. The number of nitrogens with one attached hydrogen (secondary N) is 3. The van der Waals surface area contributed by atoms with Gasteiger partial charge in [0.05, 0.1) is 124 Å². The number of carbonyl (C=O) groups excluding carboxylic acids is 8. The summed E-state index contributed by atoms with van der Waals surface area (Å²) >= 11 is 25.3. The second kappa shape index (κ2) is 64.0. The van der Waals surface area contributed by atoms with Crippen LogP contribution in [0.3, 0.4) is 0 Å². The van der Waals surface area contributed by atoms with Gasteiger partial charge < -0.3 is 79.2 Å². The number of aromatic nitrogens is 3. The maximum absolute atomic E-state index is 12.8. The molecule has 0 aliphatic carbocycles. The van der Waals surface area contributed by atoms with Crippen molar-refractivity contribution in [2.45, 2.75) is 80.1 Å². The minimum atomic E-state index is -3.22. The number of esters is 4. The molecular weight excluding hydrogens is 2030 g/mol. The van der Waals surface area contributed by atoms with Crippen molar-refractivity contribution in [3.05, 3.63) is 368 Å². The van der Waals surface area contributed by atoms with Crippen LogP contribution in [-0.4, -0.2) is 142 Å². The second-order valence-electron chi connectivity index (χ2n) is 30.6. The maximum Gasteiger partial charge on any atom is 0.339 e. The number of halogens is 5. The van der Waals surface area contributed by atoms with Gasteiger partial charge >= 0.3 is 35.0 Å². The lowest BCUT2D eigenvalue weighted by Gasteiger charge is -2.15. The number of nitriles is 1. The number of rotatable bonds is 30. The van der Waals surface area contributed by atoms with Crippen LogP contribution in [0.4, 0.5) is 17.1 Å². The number of hydrogen-bond donors (Lipinski definition) is 6. The molecular formula is C113H113Cl5N7O23P. The quantitative estimate of drug-likeness (QED) is 0.00463. The standard InChI is InChI=1S/C20H18ClNO3.C20H21NO5.C20H19NO4.C18H15NO4.C14H13NO2.C7H9NO.C7H5N.C6H9ClO3.CH4.Cl3OP/c1-3-25-18(23)12-16-19(13-7-5-4-6-8-13)15-11-14(24-2)9-10-17(15)22-20(16)21;1-3-26-19(23)12-11-18(22)21-17-10-9-15(25-2)13-16(17)20(24)14-7-5-4-6-8-14;1-3-25-18(22)12-16-19(13-7-5-4-6-8-13)15-11-14(24-2)9-10-17(15)21-20(16)23;1-23-12-7-8-15-13(9-12)17(11-5-3-2-4-6-11)14(10-16(20)21)18(22)19-15;1-17-11-7-8-13(15)12(9-11)14(16)10-5-3-2-4-6-10;1-9-7-4-2-6(8)3-5-7;8-6-7-4-2-1-3-5-7;1-2-10-6(9)4-3-5(7)8;;1-5(2,3)4/h4-11H,3,12H2,1-2H3;4-10,13H,3,11-12H2,1-2H3,(H,21,22);4-11H,3,12H2,1-2H3,(H,21,23);2-9H,10H2,1H3,(H,19,22)(H,20,21);2-9H,15H2,1H3;2-5H,8H2,1H3;1-5H;2-4H2,1H3;1H4;. The van der Waals surface area contributed by atoms with E-state index < -0.39 is 28.4 Å². The highest BCUT2D eigenvalue weighted by Crippen LogP contribution is 2.61. The Balaban J connectivity index is 0.000000265. The zero-order valence-electron chi connectivity index (χ0n) is 82.4. The molecule has 0 saturated heterocycles. The van der Waals surface area contributed by atoms with Gasteiger partial charge in [0.2, 0.25) is 11.1 Å². The van der Waals surface area contributed by atoms with Crippen molar-refractivity contribution >= 4 is 164 Å². The molecule has 15 aromatic rings. The van der Waals surface area contributed by atoms with Crippen LogP contribution in [0.5, 0.6) is 34.5 Å². The number of ether oxygens (including phenoxy) is 10. The zero-order valence-corrected chi connectivity index (χ0v) is 87.1. The number of fused-ring (bicyclic) bond motifs is 3. The van der Waals surface area contributed by atoms with Gasteiger partial charge in [-0.25, -0.2) is 4.98 Å². The fourth-order valence-electron chi connectivity index (χ4n) is 13.9. The summed E-state index contributed by atoms with van der Waals surface area (Å²) in [5, 5.41) is 19.2. The van der Waals surface area contributed by atoms with E-state index in [9.17, 15) is 57.3 Å². The molecule has 12 aromatic carbocycles. The van der Waals surface area contributed by atoms with Crippen molar-refractivity contribution in [1.29, 1.82) is 5.26 Å². The first-order valence-electron chi connectivity index (χ1n) is 45.5. The van der Waals surface area contributed by atoms with E-state index in [1.807, 2.05) is 176 Å². The number of nitrogens with two attached hydrogens (primary N) is 2. The van der Waals surface area contributed by atoms with Gasteiger partial charge in [-0.1, -0.05) is 189 Å². The summed E-state index contributed by atoms with van der Waals surface area (Å²) in [6.07, 6.45) is -0.261. The molecule has 30 nitrogen and oxygen atoms in total. The predicted molar refractivity (Wildman–Crippen MR) is 586 cm³/mol. The lowest BCUT2D eigenvalue weighted by atomic mass is 9.94. The van der Waals surface area contributed by atoms with E-state index >= 15 is 0 Å². The third-order valence-corrected chi connectivity index (χ3v) is 21.2. The van der Waals surface area contributed by atoms with Gasteiger partial charge in [-0.15, -0.1) is 0 Å². The van der Waals surface area contributed by atoms with Crippen molar-refractivity contribution < 1.29 is 100 Å². The average molecular weight is 2150 g/mol.